The molecule has 0 saturated carbocycles. The van der Waals surface area contributed by atoms with Gasteiger partial charge in [-0.3, -0.25) is 4.79 Å². The van der Waals surface area contributed by atoms with Crippen molar-refractivity contribution in [2.24, 2.45) is 0 Å². The Balaban J connectivity index is 0.000000774. The van der Waals surface area contributed by atoms with E-state index in [2.05, 4.69) is 10.3 Å². The lowest BCUT2D eigenvalue weighted by molar-refractivity contribution is 0.102. The first kappa shape index (κ1) is 14.8. The monoisotopic (exact) mass is 282 g/mol. The van der Waals surface area contributed by atoms with Crippen molar-refractivity contribution in [2.45, 2.75) is 20.8 Å². The summed E-state index contributed by atoms with van der Waals surface area (Å²) >= 11 is 0. The number of aromatic nitrogens is 1. The molecule has 4 heteroatoms. The van der Waals surface area contributed by atoms with Gasteiger partial charge in [0.1, 0.15) is 5.52 Å². The fourth-order valence-corrected chi connectivity index (χ4v) is 1.84. The molecule has 1 N–H and O–H groups in total. The van der Waals surface area contributed by atoms with Crippen LogP contribution in [0.2, 0.25) is 0 Å². The van der Waals surface area contributed by atoms with Crippen molar-refractivity contribution in [3.63, 3.8) is 0 Å². The Morgan fingerprint density at radius 2 is 1.81 bits per heavy atom. The maximum absolute atomic E-state index is 12.1. The number of benzene rings is 2. The third-order valence-electron chi connectivity index (χ3n) is 2.90. The van der Waals surface area contributed by atoms with Crippen molar-refractivity contribution in [3.05, 3.63) is 60.0 Å². The molecule has 0 aliphatic heterocycles. The van der Waals surface area contributed by atoms with Gasteiger partial charge in [-0.25, -0.2) is 4.98 Å². The van der Waals surface area contributed by atoms with Gasteiger partial charge in [0.05, 0.1) is 0 Å². The van der Waals surface area contributed by atoms with Gasteiger partial charge in [-0.15, -0.1) is 0 Å². The first-order chi connectivity index (χ1) is 10.2. The minimum Gasteiger partial charge on any atom is -0.443 e. The number of hydrogen-bond donors (Lipinski definition) is 1. The summed E-state index contributed by atoms with van der Waals surface area (Å²) in [4.78, 5) is 16.1. The minimum atomic E-state index is -0.165. The number of oxazole rings is 1. The molecule has 3 rings (SSSR count). The van der Waals surface area contributed by atoms with E-state index in [1.54, 1.807) is 18.2 Å². The largest absolute Gasteiger partial charge is 0.443 e. The molecule has 0 radical (unpaired) electrons. The zero-order valence-corrected chi connectivity index (χ0v) is 12.4. The number of hydrogen-bond acceptors (Lipinski definition) is 3. The van der Waals surface area contributed by atoms with Crippen LogP contribution in [0.15, 0.2) is 53.3 Å². The lowest BCUT2D eigenvalue weighted by Crippen LogP contribution is -2.11. The number of nitrogens with one attached hydrogen (secondary N) is 1. The minimum absolute atomic E-state index is 0.165. The van der Waals surface area contributed by atoms with Crippen molar-refractivity contribution in [1.82, 2.24) is 4.98 Å². The average Bonchev–Trinajstić information content (AvgIpc) is 2.99. The van der Waals surface area contributed by atoms with Crippen LogP contribution in [0, 0.1) is 6.92 Å². The van der Waals surface area contributed by atoms with Crippen LogP contribution in [0.3, 0.4) is 0 Å². The molecule has 0 saturated heterocycles. The fourth-order valence-electron chi connectivity index (χ4n) is 1.84. The highest BCUT2D eigenvalue weighted by Gasteiger charge is 2.08. The lowest BCUT2D eigenvalue weighted by atomic mass is 10.2. The van der Waals surface area contributed by atoms with Crippen molar-refractivity contribution in [3.8, 4) is 0 Å². The normalized spacial score (nSPS) is 9.86. The summed E-state index contributed by atoms with van der Waals surface area (Å²) in [7, 11) is 0. The van der Waals surface area contributed by atoms with Crippen LogP contribution >= 0.6 is 0 Å². The molecule has 0 unspecified atom stereocenters. The molecular weight excluding hydrogens is 264 g/mol. The van der Waals surface area contributed by atoms with Gasteiger partial charge >= 0.3 is 0 Å². The number of anilines is 1. The van der Waals surface area contributed by atoms with Crippen LogP contribution in [0.5, 0.6) is 0 Å². The second kappa shape index (κ2) is 6.70. The predicted molar refractivity (Wildman–Crippen MR) is 84.5 cm³/mol. The Morgan fingerprint density at radius 1 is 1.10 bits per heavy atom. The SMILES string of the molecule is CC.Cc1ccc(NC(=O)c2ccc3ncoc3c2)cc1. The molecule has 0 atom stereocenters. The van der Waals surface area contributed by atoms with Crippen LogP contribution in [-0.4, -0.2) is 10.9 Å². The Kier molecular flexibility index (Phi) is 4.72. The molecule has 108 valence electrons. The third kappa shape index (κ3) is 3.48. The van der Waals surface area contributed by atoms with Gasteiger partial charge in [-0.2, -0.15) is 0 Å². The summed E-state index contributed by atoms with van der Waals surface area (Å²) in [5, 5.41) is 2.84. The quantitative estimate of drug-likeness (QED) is 0.757. The Hall–Kier alpha value is -2.62. The molecule has 0 aliphatic rings. The van der Waals surface area contributed by atoms with Gasteiger partial charge in [-0.05, 0) is 37.3 Å². The summed E-state index contributed by atoms with van der Waals surface area (Å²) in [6.45, 7) is 6.00. The highest BCUT2D eigenvalue weighted by molar-refractivity contribution is 6.05. The van der Waals surface area contributed by atoms with Gasteiger partial charge in [0.25, 0.3) is 5.91 Å². The Labute approximate surface area is 123 Å². The van der Waals surface area contributed by atoms with Gasteiger partial charge in [0.15, 0.2) is 12.0 Å². The molecule has 2 aromatic carbocycles. The van der Waals surface area contributed by atoms with Crippen molar-refractivity contribution in [1.29, 1.82) is 0 Å². The van der Waals surface area contributed by atoms with E-state index in [1.807, 2.05) is 45.0 Å². The molecule has 0 spiro atoms. The summed E-state index contributed by atoms with van der Waals surface area (Å²) in [6.07, 6.45) is 1.37. The van der Waals surface area contributed by atoms with Gasteiger partial charge in [0, 0.05) is 11.3 Å². The second-order valence-corrected chi connectivity index (χ2v) is 4.36. The molecular formula is C17H18N2O2. The molecule has 1 heterocycles. The molecule has 21 heavy (non-hydrogen) atoms. The second-order valence-electron chi connectivity index (χ2n) is 4.36. The molecule has 4 nitrogen and oxygen atoms in total. The van der Waals surface area contributed by atoms with E-state index >= 15 is 0 Å². The summed E-state index contributed by atoms with van der Waals surface area (Å²) < 4.78 is 5.18. The first-order valence-corrected chi connectivity index (χ1v) is 6.94. The number of rotatable bonds is 2. The zero-order valence-electron chi connectivity index (χ0n) is 12.4. The fraction of sp³-hybridized carbons (Fsp3) is 0.176. The standard InChI is InChI=1S/C15H12N2O2.C2H6/c1-10-2-5-12(6-3-10)17-15(18)11-4-7-13-14(8-11)19-9-16-13;1-2/h2-9H,1H3,(H,17,18);1-2H3. The molecule has 0 fully saturated rings. The molecule has 3 aromatic rings. The van der Waals surface area contributed by atoms with Crippen LogP contribution in [-0.2, 0) is 0 Å². The van der Waals surface area contributed by atoms with Crippen molar-refractivity contribution < 1.29 is 9.21 Å². The summed E-state index contributed by atoms with van der Waals surface area (Å²) in [5.74, 6) is -0.165. The van der Waals surface area contributed by atoms with Crippen LogP contribution in [0.1, 0.15) is 29.8 Å². The maximum Gasteiger partial charge on any atom is 0.255 e. The summed E-state index contributed by atoms with van der Waals surface area (Å²) in [6, 6.07) is 12.8. The highest BCUT2D eigenvalue weighted by atomic mass is 16.3. The Bertz CT molecular complexity index is 730. The number of nitrogens with zero attached hydrogens (tertiary/aromatic N) is 1. The molecule has 0 bridgehead atoms. The molecule has 1 aromatic heterocycles. The number of amides is 1. The van der Waals surface area contributed by atoms with Gasteiger partial charge in [-0.1, -0.05) is 31.5 Å². The molecule has 0 aliphatic carbocycles. The van der Waals surface area contributed by atoms with Crippen LogP contribution in [0.25, 0.3) is 11.1 Å². The van der Waals surface area contributed by atoms with E-state index in [1.165, 1.54) is 6.39 Å². The topological polar surface area (TPSA) is 55.1 Å². The number of carbonyl (C=O) groups excluding carboxylic acids is 1. The lowest BCUT2D eigenvalue weighted by Gasteiger charge is -2.05. The molecule has 1 amide bonds. The van der Waals surface area contributed by atoms with Gasteiger partial charge in [0.2, 0.25) is 0 Å². The maximum atomic E-state index is 12.1. The number of carbonyl (C=O) groups is 1. The van der Waals surface area contributed by atoms with Crippen LogP contribution < -0.4 is 5.32 Å². The smallest absolute Gasteiger partial charge is 0.255 e. The van der Waals surface area contributed by atoms with Crippen molar-refractivity contribution >= 4 is 22.7 Å². The van der Waals surface area contributed by atoms with E-state index in [9.17, 15) is 4.79 Å². The van der Waals surface area contributed by atoms with Crippen molar-refractivity contribution in [2.75, 3.05) is 5.32 Å². The number of fused-ring (bicyclic) bond motifs is 1. The van der Waals surface area contributed by atoms with E-state index in [0.29, 0.717) is 11.1 Å². The zero-order chi connectivity index (χ0) is 15.2. The van der Waals surface area contributed by atoms with E-state index < -0.39 is 0 Å². The first-order valence-electron chi connectivity index (χ1n) is 6.94. The van der Waals surface area contributed by atoms with E-state index in [-0.39, 0.29) is 5.91 Å². The van der Waals surface area contributed by atoms with Gasteiger partial charge < -0.3 is 9.73 Å². The van der Waals surface area contributed by atoms with E-state index in [4.69, 9.17) is 4.42 Å². The Morgan fingerprint density at radius 3 is 2.52 bits per heavy atom. The van der Waals surface area contributed by atoms with E-state index in [0.717, 1.165) is 16.8 Å². The summed E-state index contributed by atoms with van der Waals surface area (Å²) in [5.41, 5.74) is 3.82. The highest BCUT2D eigenvalue weighted by Crippen LogP contribution is 2.16. The van der Waals surface area contributed by atoms with Crippen LogP contribution in [0.4, 0.5) is 5.69 Å². The average molecular weight is 282 g/mol. The third-order valence-corrected chi connectivity index (χ3v) is 2.90. The predicted octanol–water partition coefficient (Wildman–Crippen LogP) is 4.41. The number of aryl methyl sites for hydroxylation is 1.